The Morgan fingerprint density at radius 3 is 1.03 bits per heavy atom. The van der Waals surface area contributed by atoms with E-state index in [4.69, 9.17) is 0 Å². The van der Waals surface area contributed by atoms with E-state index >= 15 is 0 Å². The minimum absolute atomic E-state index is 0.0439. The summed E-state index contributed by atoms with van der Waals surface area (Å²) >= 11 is 8.21. The summed E-state index contributed by atoms with van der Waals surface area (Å²) < 4.78 is 2.21. The van der Waals surface area contributed by atoms with Crippen LogP contribution in [0.5, 0.6) is 0 Å². The van der Waals surface area contributed by atoms with Crippen molar-refractivity contribution in [2.75, 3.05) is 0 Å². The highest BCUT2D eigenvalue weighted by atomic mass is 79.9. The van der Waals surface area contributed by atoms with E-state index in [9.17, 15) is 5.11 Å². The first-order chi connectivity index (χ1) is 31.4. The van der Waals surface area contributed by atoms with Gasteiger partial charge in [0.1, 0.15) is 0 Å². The molecule has 8 rings (SSSR count). The minimum atomic E-state index is -1.09. The maximum absolute atomic E-state index is 12.3. The number of halogens is 2. The first-order valence-corrected chi connectivity index (χ1v) is 26.9. The molecule has 4 atom stereocenters. The summed E-state index contributed by atoms with van der Waals surface area (Å²) in [5.41, 5.74) is 16.6. The van der Waals surface area contributed by atoms with Gasteiger partial charge in [-0.2, -0.15) is 0 Å². The smallest absolute Gasteiger partial charge is 0.0559 e. The molecule has 0 saturated carbocycles. The Labute approximate surface area is 408 Å². The van der Waals surface area contributed by atoms with Gasteiger partial charge < -0.3 is 5.11 Å². The molecule has 334 valence electrons. The first kappa shape index (κ1) is 47.4. The van der Waals surface area contributed by atoms with Crippen molar-refractivity contribution < 1.29 is 5.11 Å². The van der Waals surface area contributed by atoms with E-state index in [0.29, 0.717) is 36.5 Å². The fourth-order valence-electron chi connectivity index (χ4n) is 10.9. The zero-order valence-electron chi connectivity index (χ0n) is 39.3. The Hall–Kier alpha value is -4.11. The number of aliphatic hydroxyl groups excluding tert-OH is 1. The maximum atomic E-state index is 12.3. The number of rotatable bonds is 13. The zero-order valence-corrected chi connectivity index (χ0v) is 43.4. The summed E-state index contributed by atoms with van der Waals surface area (Å²) in [5.74, 6) is 1.20. The molecule has 0 radical (unpaired) electrons. The monoisotopic (exact) mass is 1000 g/mol. The molecular formula is C61H65Br2OP. The lowest BCUT2D eigenvalue weighted by Gasteiger charge is -2.45. The van der Waals surface area contributed by atoms with Crippen LogP contribution in [0.15, 0.2) is 173 Å². The van der Waals surface area contributed by atoms with Gasteiger partial charge in [-0.25, -0.2) is 0 Å². The molecular weight excluding hydrogens is 939 g/mol. The summed E-state index contributed by atoms with van der Waals surface area (Å²) in [7, 11) is -1.09. The van der Waals surface area contributed by atoms with Crippen molar-refractivity contribution in [3.8, 4) is 0 Å². The highest BCUT2D eigenvalue weighted by molar-refractivity contribution is 9.10. The normalized spacial score (nSPS) is 18.7. The second-order valence-electron chi connectivity index (χ2n) is 19.4. The summed E-state index contributed by atoms with van der Waals surface area (Å²) in [4.78, 5) is 0. The molecule has 1 aliphatic rings. The Morgan fingerprint density at radius 2 is 0.708 bits per heavy atom. The topological polar surface area (TPSA) is 20.2 Å². The van der Waals surface area contributed by atoms with E-state index in [0.717, 1.165) is 8.95 Å². The fourth-order valence-corrected chi connectivity index (χ4v) is 16.5. The summed E-state index contributed by atoms with van der Waals surface area (Å²) in [6.07, 6.45) is 0.917. The van der Waals surface area contributed by atoms with Gasteiger partial charge in [-0.05, 0) is 121 Å². The molecule has 7 aromatic carbocycles. The van der Waals surface area contributed by atoms with Gasteiger partial charge in [-0.15, -0.1) is 0 Å². The molecule has 0 spiro atoms. The van der Waals surface area contributed by atoms with E-state index in [1.807, 2.05) is 0 Å². The van der Waals surface area contributed by atoms with Crippen LogP contribution in [0.3, 0.4) is 0 Å². The van der Waals surface area contributed by atoms with Crippen LogP contribution in [0.25, 0.3) is 0 Å². The van der Waals surface area contributed by atoms with Crippen LogP contribution < -0.4 is 5.30 Å². The van der Waals surface area contributed by atoms with Gasteiger partial charge in [0.25, 0.3) is 0 Å². The molecule has 1 fully saturated rings. The minimum Gasteiger partial charge on any atom is -0.393 e. The lowest BCUT2D eigenvalue weighted by molar-refractivity contribution is 0.146. The molecule has 0 amide bonds. The largest absolute Gasteiger partial charge is 0.393 e. The highest BCUT2D eigenvalue weighted by Gasteiger charge is 2.45. The number of hydrogen-bond acceptors (Lipinski definition) is 1. The van der Waals surface area contributed by atoms with Crippen LogP contribution in [-0.2, 0) is 0 Å². The van der Waals surface area contributed by atoms with Crippen molar-refractivity contribution >= 4 is 45.1 Å². The van der Waals surface area contributed by atoms with Gasteiger partial charge in [0.2, 0.25) is 0 Å². The van der Waals surface area contributed by atoms with Gasteiger partial charge >= 0.3 is 0 Å². The van der Waals surface area contributed by atoms with Gasteiger partial charge in [-0.3, -0.25) is 0 Å². The molecule has 1 aliphatic heterocycles. The van der Waals surface area contributed by atoms with Crippen LogP contribution in [0.2, 0.25) is 0 Å². The Morgan fingerprint density at radius 1 is 0.400 bits per heavy atom. The van der Waals surface area contributed by atoms with Gasteiger partial charge in [-0.1, -0.05) is 247 Å². The van der Waals surface area contributed by atoms with Crippen molar-refractivity contribution in [3.05, 3.63) is 239 Å². The molecule has 1 nitrogen and oxygen atoms in total. The zero-order chi connectivity index (χ0) is 45.9. The van der Waals surface area contributed by atoms with E-state index in [2.05, 4.69) is 251 Å². The molecule has 1 saturated heterocycles. The molecule has 0 bridgehead atoms. The van der Waals surface area contributed by atoms with Crippen molar-refractivity contribution in [2.24, 2.45) is 0 Å². The molecule has 65 heavy (non-hydrogen) atoms. The number of hydrogen-bond donors (Lipinski definition) is 1. The third kappa shape index (κ3) is 9.69. The molecule has 0 aromatic heterocycles. The number of aliphatic hydroxyl groups is 1. The molecule has 1 heterocycles. The second-order valence-corrected chi connectivity index (χ2v) is 23.6. The van der Waals surface area contributed by atoms with E-state index < -0.39 is 14.0 Å². The van der Waals surface area contributed by atoms with Gasteiger partial charge in [0, 0.05) is 32.1 Å². The predicted molar refractivity (Wildman–Crippen MR) is 286 cm³/mol. The Kier molecular flexibility index (Phi) is 15.2. The first-order valence-electron chi connectivity index (χ1n) is 23.8. The SMILES string of the molecule is CC(C)c1cccc(C(C)C)c1C(c1ccccc1)c1cccc(C(c2ccccc2)c2c(C(C)C)cccc2C(C)C)c1P1C(c2ccccc2Br)CC(O)CC1c1ccccc1Br. The van der Waals surface area contributed by atoms with Crippen LogP contribution >= 0.6 is 39.8 Å². The third-order valence-electron chi connectivity index (χ3n) is 13.8. The van der Waals surface area contributed by atoms with E-state index in [1.54, 1.807) is 0 Å². The fraction of sp³-hybridized carbons (Fsp3) is 0.311. The second kappa shape index (κ2) is 20.8. The van der Waals surface area contributed by atoms with Crippen molar-refractivity contribution in [3.63, 3.8) is 0 Å². The maximum Gasteiger partial charge on any atom is 0.0559 e. The van der Waals surface area contributed by atoms with Crippen molar-refractivity contribution in [1.82, 2.24) is 0 Å². The predicted octanol–water partition coefficient (Wildman–Crippen LogP) is 17.8. The van der Waals surface area contributed by atoms with Gasteiger partial charge in [0.15, 0.2) is 0 Å². The van der Waals surface area contributed by atoms with Gasteiger partial charge in [0.05, 0.1) is 6.10 Å². The van der Waals surface area contributed by atoms with Crippen LogP contribution in [0.4, 0.5) is 0 Å². The number of benzene rings is 7. The summed E-state index contributed by atoms with van der Waals surface area (Å²) in [6.45, 7) is 18.9. The van der Waals surface area contributed by atoms with Crippen LogP contribution in [0, 0.1) is 0 Å². The molecule has 4 unspecified atom stereocenters. The third-order valence-corrected chi connectivity index (χ3v) is 18.6. The standard InChI is InChI=1S/C61H65Br2OP/c1-38(2)45-28-19-29-46(39(3)4)59(45)57(42-22-11-9-12-23-42)51-32-21-33-52(58(43-24-13-10-14-25-43)60-47(40(5)6)30-20-31-48(60)41(7)8)61(51)65-55(49-26-15-17-34-53(49)62)36-44(64)37-56(65)50-27-16-18-35-54(50)63/h9-35,38-41,44,55-58,64H,36-37H2,1-8H3. The lowest BCUT2D eigenvalue weighted by atomic mass is 9.73. The average Bonchev–Trinajstić information content (AvgIpc) is 3.30. The summed E-state index contributed by atoms with van der Waals surface area (Å²) in [6, 6.07) is 61.9. The quantitative estimate of drug-likeness (QED) is 0.0902. The van der Waals surface area contributed by atoms with Crippen molar-refractivity contribution in [1.29, 1.82) is 0 Å². The molecule has 1 N–H and O–H groups in total. The highest BCUT2D eigenvalue weighted by Crippen LogP contribution is 2.70. The lowest BCUT2D eigenvalue weighted by Crippen LogP contribution is -2.32. The molecule has 0 aliphatic carbocycles. The van der Waals surface area contributed by atoms with Crippen LogP contribution in [-0.4, -0.2) is 11.2 Å². The molecule has 4 heteroatoms. The Balaban J connectivity index is 1.61. The average molecular weight is 1000 g/mol. The Bertz CT molecular complexity index is 2470. The van der Waals surface area contributed by atoms with Crippen LogP contribution in [0.1, 0.15) is 182 Å². The molecule has 7 aromatic rings. The van der Waals surface area contributed by atoms with Crippen molar-refractivity contribution in [2.45, 2.75) is 121 Å². The van der Waals surface area contributed by atoms with E-state index in [-0.39, 0.29) is 23.2 Å². The van der Waals surface area contributed by atoms with E-state index in [1.165, 1.54) is 72.1 Å². The summed E-state index contributed by atoms with van der Waals surface area (Å²) in [5, 5.41) is 13.7.